The largest absolute Gasteiger partial charge is 0.497 e. The molecule has 1 aliphatic rings. The van der Waals surface area contributed by atoms with E-state index in [0.717, 1.165) is 25.9 Å². The zero-order valence-corrected chi connectivity index (χ0v) is 13.7. The van der Waals surface area contributed by atoms with Gasteiger partial charge in [0, 0.05) is 25.6 Å². The monoisotopic (exact) mass is 317 g/mol. The Kier molecular flexibility index (Phi) is 6.24. The van der Waals surface area contributed by atoms with Crippen LogP contribution < -0.4 is 14.8 Å². The van der Waals surface area contributed by atoms with Gasteiger partial charge in [0.25, 0.3) is 0 Å². The van der Waals surface area contributed by atoms with Crippen LogP contribution in [0.25, 0.3) is 0 Å². The first kappa shape index (κ1) is 17.1. The molecule has 0 bridgehead atoms. The highest BCUT2D eigenvalue weighted by Crippen LogP contribution is 2.30. The molecule has 1 amide bonds. The molecule has 0 aromatic heterocycles. The molecule has 1 aliphatic heterocycles. The highest BCUT2D eigenvalue weighted by Gasteiger charge is 2.26. The van der Waals surface area contributed by atoms with Crippen LogP contribution in [0.2, 0.25) is 0 Å². The van der Waals surface area contributed by atoms with E-state index in [1.807, 2.05) is 0 Å². The molecule has 6 nitrogen and oxygen atoms in total. The fourth-order valence-corrected chi connectivity index (χ4v) is 2.82. The molecule has 1 heterocycles. The van der Waals surface area contributed by atoms with Gasteiger partial charge in [-0.3, -0.25) is 4.79 Å². The summed E-state index contributed by atoms with van der Waals surface area (Å²) >= 11 is 0. The highest BCUT2D eigenvalue weighted by atomic mass is 16.5. The lowest BCUT2D eigenvalue weighted by molar-refractivity contribution is -0.121. The van der Waals surface area contributed by atoms with E-state index in [9.17, 15) is 4.79 Å². The second-order valence-corrected chi connectivity index (χ2v) is 5.60. The van der Waals surface area contributed by atoms with Gasteiger partial charge >= 0.3 is 0 Å². The van der Waals surface area contributed by atoms with Crippen molar-refractivity contribution in [3.8, 4) is 17.6 Å². The van der Waals surface area contributed by atoms with E-state index in [4.69, 9.17) is 14.7 Å². The van der Waals surface area contributed by atoms with E-state index in [1.54, 1.807) is 32.4 Å². The lowest BCUT2D eigenvalue weighted by Gasteiger charge is -2.31. The summed E-state index contributed by atoms with van der Waals surface area (Å²) in [4.78, 5) is 14.7. The number of methoxy groups -OCH3 is 2. The topological polar surface area (TPSA) is 74.6 Å². The van der Waals surface area contributed by atoms with Crippen molar-refractivity contribution in [2.24, 2.45) is 5.92 Å². The molecule has 6 heteroatoms. The number of nitrogens with zero attached hydrogens (tertiary/aromatic N) is 2. The molecule has 1 aromatic carbocycles. The standard InChI is InChI=1S/C17H23N3O3/c1-22-14-6-7-15(16(11-14)23-2)19-17(21)13-5-3-9-20(12-13)10-4-8-18/h6-7,11,13H,3-5,9-10,12H2,1-2H3,(H,19,21). The Morgan fingerprint density at radius 2 is 2.26 bits per heavy atom. The molecule has 0 aliphatic carbocycles. The number of piperidine rings is 1. The maximum absolute atomic E-state index is 12.5. The second-order valence-electron chi connectivity index (χ2n) is 5.60. The normalized spacial score (nSPS) is 18.0. The van der Waals surface area contributed by atoms with Gasteiger partial charge in [-0.05, 0) is 31.5 Å². The molecule has 0 spiro atoms. The summed E-state index contributed by atoms with van der Waals surface area (Å²) in [7, 11) is 3.15. The van der Waals surface area contributed by atoms with E-state index in [1.165, 1.54) is 0 Å². The molecule has 1 saturated heterocycles. The minimum absolute atomic E-state index is 0.00451. The Morgan fingerprint density at radius 1 is 1.43 bits per heavy atom. The number of amides is 1. The maximum Gasteiger partial charge on any atom is 0.228 e. The molecule has 124 valence electrons. The molecule has 2 rings (SSSR count). The van der Waals surface area contributed by atoms with Gasteiger partial charge in [-0.1, -0.05) is 0 Å². The Balaban J connectivity index is 2.00. The van der Waals surface area contributed by atoms with Crippen LogP contribution >= 0.6 is 0 Å². The summed E-state index contributed by atoms with van der Waals surface area (Å²) in [6.45, 7) is 2.38. The molecule has 23 heavy (non-hydrogen) atoms. The Hall–Kier alpha value is -2.26. The lowest BCUT2D eigenvalue weighted by atomic mass is 9.97. The van der Waals surface area contributed by atoms with Crippen molar-refractivity contribution >= 4 is 11.6 Å². The molecule has 1 fully saturated rings. The minimum atomic E-state index is -0.0609. The number of ether oxygens (including phenoxy) is 2. The fraction of sp³-hybridized carbons (Fsp3) is 0.529. The fourth-order valence-electron chi connectivity index (χ4n) is 2.82. The summed E-state index contributed by atoms with van der Waals surface area (Å²) < 4.78 is 10.5. The number of rotatable bonds is 6. The number of hydrogen-bond acceptors (Lipinski definition) is 5. The van der Waals surface area contributed by atoms with E-state index in [-0.39, 0.29) is 11.8 Å². The first-order valence-corrected chi connectivity index (χ1v) is 7.80. The first-order valence-electron chi connectivity index (χ1n) is 7.80. The van der Waals surface area contributed by atoms with Crippen molar-refractivity contribution in [1.82, 2.24) is 4.90 Å². The molecular formula is C17H23N3O3. The van der Waals surface area contributed by atoms with Crippen LogP contribution in [0.15, 0.2) is 18.2 Å². The van der Waals surface area contributed by atoms with Gasteiger partial charge < -0.3 is 19.7 Å². The second kappa shape index (κ2) is 8.39. The average Bonchev–Trinajstić information content (AvgIpc) is 2.60. The summed E-state index contributed by atoms with van der Waals surface area (Å²) in [6.07, 6.45) is 2.34. The third kappa shape index (κ3) is 4.60. The van der Waals surface area contributed by atoms with E-state index >= 15 is 0 Å². The van der Waals surface area contributed by atoms with Crippen LogP contribution in [0.5, 0.6) is 11.5 Å². The Labute approximate surface area is 137 Å². The van der Waals surface area contributed by atoms with Crippen LogP contribution in [0.1, 0.15) is 19.3 Å². The van der Waals surface area contributed by atoms with Crippen molar-refractivity contribution < 1.29 is 14.3 Å². The smallest absolute Gasteiger partial charge is 0.228 e. The van der Waals surface area contributed by atoms with Gasteiger partial charge in [-0.2, -0.15) is 5.26 Å². The Bertz CT molecular complexity index is 583. The number of carbonyl (C=O) groups is 1. The SMILES string of the molecule is COc1ccc(NC(=O)C2CCCN(CCC#N)C2)c(OC)c1. The summed E-state index contributed by atoms with van der Waals surface area (Å²) in [5.41, 5.74) is 0.646. The lowest BCUT2D eigenvalue weighted by Crippen LogP contribution is -2.41. The third-order valence-electron chi connectivity index (χ3n) is 4.08. The van der Waals surface area contributed by atoms with Crippen molar-refractivity contribution in [2.45, 2.75) is 19.3 Å². The minimum Gasteiger partial charge on any atom is -0.497 e. The molecular weight excluding hydrogens is 294 g/mol. The van der Waals surface area contributed by atoms with Crippen molar-refractivity contribution in [3.05, 3.63) is 18.2 Å². The quantitative estimate of drug-likeness (QED) is 0.871. The number of anilines is 1. The molecule has 1 aromatic rings. The van der Waals surface area contributed by atoms with E-state index in [0.29, 0.717) is 30.2 Å². The van der Waals surface area contributed by atoms with Gasteiger partial charge in [0.1, 0.15) is 11.5 Å². The molecule has 1 atom stereocenters. The van der Waals surface area contributed by atoms with Gasteiger partial charge in [0.15, 0.2) is 0 Å². The predicted molar refractivity (Wildman–Crippen MR) is 87.6 cm³/mol. The number of carbonyl (C=O) groups excluding carboxylic acids is 1. The van der Waals surface area contributed by atoms with Crippen LogP contribution in [0.4, 0.5) is 5.69 Å². The zero-order chi connectivity index (χ0) is 16.7. The van der Waals surface area contributed by atoms with E-state index < -0.39 is 0 Å². The number of benzene rings is 1. The van der Waals surface area contributed by atoms with Crippen LogP contribution in [0.3, 0.4) is 0 Å². The molecule has 0 radical (unpaired) electrons. The summed E-state index contributed by atoms with van der Waals surface area (Å²) in [5, 5.41) is 11.6. The van der Waals surface area contributed by atoms with Crippen LogP contribution in [-0.4, -0.2) is 44.7 Å². The van der Waals surface area contributed by atoms with E-state index in [2.05, 4.69) is 16.3 Å². The molecule has 0 saturated carbocycles. The van der Waals surface area contributed by atoms with Gasteiger partial charge in [-0.25, -0.2) is 0 Å². The third-order valence-corrected chi connectivity index (χ3v) is 4.08. The average molecular weight is 317 g/mol. The zero-order valence-electron chi connectivity index (χ0n) is 13.7. The van der Waals surface area contributed by atoms with Crippen molar-refractivity contribution in [2.75, 3.05) is 39.2 Å². The van der Waals surface area contributed by atoms with Crippen LogP contribution in [-0.2, 0) is 4.79 Å². The number of nitriles is 1. The van der Waals surface area contributed by atoms with Gasteiger partial charge in [-0.15, -0.1) is 0 Å². The summed E-state index contributed by atoms with van der Waals surface area (Å²) in [6, 6.07) is 7.47. The Morgan fingerprint density at radius 3 is 2.96 bits per heavy atom. The highest BCUT2D eigenvalue weighted by molar-refractivity contribution is 5.94. The first-order chi connectivity index (χ1) is 11.2. The number of nitrogens with one attached hydrogen (secondary N) is 1. The summed E-state index contributed by atoms with van der Waals surface area (Å²) in [5.74, 6) is 1.19. The number of hydrogen-bond donors (Lipinski definition) is 1. The van der Waals surface area contributed by atoms with Crippen LogP contribution in [0, 0.1) is 17.2 Å². The van der Waals surface area contributed by atoms with Crippen molar-refractivity contribution in [1.29, 1.82) is 5.26 Å². The predicted octanol–water partition coefficient (Wildman–Crippen LogP) is 2.27. The molecule has 1 N–H and O–H groups in total. The van der Waals surface area contributed by atoms with Crippen molar-refractivity contribution in [3.63, 3.8) is 0 Å². The maximum atomic E-state index is 12.5. The van der Waals surface area contributed by atoms with Gasteiger partial charge in [0.05, 0.1) is 31.9 Å². The number of likely N-dealkylation sites (tertiary alicyclic amines) is 1. The van der Waals surface area contributed by atoms with Gasteiger partial charge in [0.2, 0.25) is 5.91 Å². The molecule has 1 unspecified atom stereocenters.